The minimum Gasteiger partial charge on any atom is -0.495 e. The van der Waals surface area contributed by atoms with E-state index in [4.69, 9.17) is 10.5 Å². The van der Waals surface area contributed by atoms with E-state index in [1.165, 1.54) is 20.2 Å². The average molecular weight is 336 g/mol. The number of hydrogen-bond donors (Lipinski definition) is 1. The summed E-state index contributed by atoms with van der Waals surface area (Å²) in [4.78, 5) is -0.0156. The number of hydrogen-bond acceptors (Lipinski definition) is 6. The van der Waals surface area contributed by atoms with E-state index in [1.54, 1.807) is 12.1 Å². The largest absolute Gasteiger partial charge is 0.495 e. The Morgan fingerprint density at radius 3 is 2.33 bits per heavy atom. The van der Waals surface area contributed by atoms with Crippen LogP contribution in [0.1, 0.15) is 5.56 Å². The first-order valence-corrected chi connectivity index (χ1v) is 9.63. The first-order chi connectivity index (χ1) is 9.61. The zero-order valence-electron chi connectivity index (χ0n) is 12.2. The molecule has 0 bridgehead atoms. The molecule has 9 heteroatoms. The van der Waals surface area contributed by atoms with E-state index in [1.807, 2.05) is 0 Å². The number of sulfonamides is 1. The molecule has 2 N–H and O–H groups in total. The summed E-state index contributed by atoms with van der Waals surface area (Å²) in [6.45, 7) is 0.142. The van der Waals surface area contributed by atoms with Crippen molar-refractivity contribution in [2.45, 2.75) is 11.4 Å². The van der Waals surface area contributed by atoms with E-state index in [9.17, 15) is 16.8 Å². The predicted molar refractivity (Wildman–Crippen MR) is 80.4 cm³/mol. The van der Waals surface area contributed by atoms with Crippen molar-refractivity contribution in [3.05, 3.63) is 23.8 Å². The van der Waals surface area contributed by atoms with E-state index in [0.29, 0.717) is 0 Å². The Labute approximate surface area is 125 Å². The van der Waals surface area contributed by atoms with Gasteiger partial charge >= 0.3 is 0 Å². The number of nitrogens with zero attached hydrogens (tertiary/aromatic N) is 1. The molecule has 1 aromatic carbocycles. The zero-order chi connectivity index (χ0) is 16.3. The predicted octanol–water partition coefficient (Wildman–Crippen LogP) is -0.181. The van der Waals surface area contributed by atoms with Gasteiger partial charge in [0.25, 0.3) is 0 Å². The number of sulfone groups is 1. The van der Waals surface area contributed by atoms with E-state index in [-0.39, 0.29) is 29.5 Å². The van der Waals surface area contributed by atoms with Crippen molar-refractivity contribution in [1.82, 2.24) is 4.31 Å². The summed E-state index contributed by atoms with van der Waals surface area (Å²) in [5.74, 6) is -0.0597. The number of nitrogens with two attached hydrogens (primary N) is 1. The molecule has 0 aliphatic rings. The van der Waals surface area contributed by atoms with Crippen LogP contribution in [0.3, 0.4) is 0 Å². The maximum atomic E-state index is 12.4. The summed E-state index contributed by atoms with van der Waals surface area (Å²) < 4.78 is 53.3. The number of methoxy groups -OCH3 is 1. The van der Waals surface area contributed by atoms with Gasteiger partial charge in [-0.2, -0.15) is 4.31 Å². The first kappa shape index (κ1) is 17.9. The Bertz CT molecular complexity index is 698. The van der Waals surface area contributed by atoms with Gasteiger partial charge in [-0.05, 0) is 17.7 Å². The van der Waals surface area contributed by atoms with Crippen LogP contribution in [-0.2, 0) is 26.4 Å². The SMILES string of the molecule is COc1cc(CN)ccc1S(=O)(=O)N(C)CCS(C)(=O)=O. The highest BCUT2D eigenvalue weighted by Gasteiger charge is 2.25. The molecule has 1 rings (SSSR count). The highest BCUT2D eigenvalue weighted by atomic mass is 32.2. The fraction of sp³-hybridized carbons (Fsp3) is 0.500. The van der Waals surface area contributed by atoms with Gasteiger partial charge in [0, 0.05) is 26.4 Å². The molecule has 0 spiro atoms. The number of benzene rings is 1. The van der Waals surface area contributed by atoms with Crippen molar-refractivity contribution >= 4 is 19.9 Å². The fourth-order valence-electron chi connectivity index (χ4n) is 1.63. The Hall–Kier alpha value is -1.16. The van der Waals surface area contributed by atoms with Crippen LogP contribution in [0, 0.1) is 0 Å². The Kier molecular flexibility index (Phi) is 5.74. The van der Waals surface area contributed by atoms with Crippen molar-refractivity contribution in [1.29, 1.82) is 0 Å². The molecule has 0 atom stereocenters. The van der Waals surface area contributed by atoms with Crippen molar-refractivity contribution in [2.24, 2.45) is 5.73 Å². The van der Waals surface area contributed by atoms with Gasteiger partial charge in [-0.15, -0.1) is 0 Å². The lowest BCUT2D eigenvalue weighted by Crippen LogP contribution is -2.31. The summed E-state index contributed by atoms with van der Waals surface area (Å²) in [6.07, 6.45) is 1.06. The van der Waals surface area contributed by atoms with Gasteiger partial charge < -0.3 is 10.5 Å². The molecule has 0 aliphatic carbocycles. The van der Waals surface area contributed by atoms with Crippen LogP contribution in [0.25, 0.3) is 0 Å². The van der Waals surface area contributed by atoms with E-state index in [2.05, 4.69) is 0 Å². The third-order valence-electron chi connectivity index (χ3n) is 2.93. The summed E-state index contributed by atoms with van der Waals surface area (Å²) >= 11 is 0. The fourth-order valence-corrected chi connectivity index (χ4v) is 3.66. The maximum Gasteiger partial charge on any atom is 0.246 e. The number of ether oxygens (including phenoxy) is 1. The summed E-state index contributed by atoms with van der Waals surface area (Å²) in [6, 6.07) is 4.56. The van der Waals surface area contributed by atoms with Crippen LogP contribution >= 0.6 is 0 Å². The van der Waals surface area contributed by atoms with Gasteiger partial charge in [-0.1, -0.05) is 6.07 Å². The van der Waals surface area contributed by atoms with Crippen molar-refractivity contribution in [2.75, 3.05) is 32.7 Å². The molecule has 0 aromatic heterocycles. The van der Waals surface area contributed by atoms with Gasteiger partial charge in [-0.3, -0.25) is 0 Å². The molecule has 0 unspecified atom stereocenters. The third kappa shape index (κ3) is 4.67. The summed E-state index contributed by atoms with van der Waals surface area (Å²) in [5, 5.41) is 0. The molecule has 0 amide bonds. The topological polar surface area (TPSA) is 107 Å². The minimum absolute atomic E-state index is 0.0156. The Morgan fingerprint density at radius 2 is 1.86 bits per heavy atom. The monoisotopic (exact) mass is 336 g/mol. The molecule has 0 saturated carbocycles. The molecule has 7 nitrogen and oxygen atoms in total. The molecular formula is C12H20N2O5S2. The highest BCUT2D eigenvalue weighted by molar-refractivity contribution is 7.91. The molecule has 1 aromatic rings. The number of rotatable bonds is 7. The quantitative estimate of drug-likeness (QED) is 0.740. The van der Waals surface area contributed by atoms with E-state index in [0.717, 1.165) is 16.1 Å². The van der Waals surface area contributed by atoms with E-state index < -0.39 is 19.9 Å². The van der Waals surface area contributed by atoms with Crippen LogP contribution in [0.5, 0.6) is 5.75 Å². The van der Waals surface area contributed by atoms with Gasteiger partial charge in [0.05, 0.1) is 12.9 Å². The van der Waals surface area contributed by atoms with Crippen molar-refractivity contribution in [3.8, 4) is 5.75 Å². The average Bonchev–Trinajstić information content (AvgIpc) is 2.42. The van der Waals surface area contributed by atoms with Crippen LogP contribution in [0.2, 0.25) is 0 Å². The lowest BCUT2D eigenvalue weighted by molar-refractivity contribution is 0.398. The van der Waals surface area contributed by atoms with Crippen LogP contribution in [-0.4, -0.2) is 53.9 Å². The van der Waals surface area contributed by atoms with Gasteiger partial charge in [-0.25, -0.2) is 16.8 Å². The molecule has 0 fully saturated rings. The Balaban J connectivity index is 3.12. The highest BCUT2D eigenvalue weighted by Crippen LogP contribution is 2.27. The standard InChI is InChI=1S/C12H20N2O5S2/c1-14(6-7-20(3,15)16)21(17,18)12-5-4-10(9-13)8-11(12)19-2/h4-5,8H,6-7,9,13H2,1-3H3. The van der Waals surface area contributed by atoms with Gasteiger partial charge in [0.15, 0.2) is 0 Å². The zero-order valence-corrected chi connectivity index (χ0v) is 13.9. The lowest BCUT2D eigenvalue weighted by Gasteiger charge is -2.18. The minimum atomic E-state index is -3.83. The molecule has 0 saturated heterocycles. The van der Waals surface area contributed by atoms with Gasteiger partial charge in [0.2, 0.25) is 10.0 Å². The Morgan fingerprint density at radius 1 is 1.24 bits per heavy atom. The smallest absolute Gasteiger partial charge is 0.246 e. The van der Waals surface area contributed by atoms with Crippen LogP contribution < -0.4 is 10.5 Å². The molecule has 21 heavy (non-hydrogen) atoms. The molecule has 0 radical (unpaired) electrons. The molecule has 0 heterocycles. The second kappa shape index (κ2) is 6.73. The second-order valence-corrected chi connectivity index (χ2v) is 8.92. The normalized spacial score (nSPS) is 12.6. The third-order valence-corrected chi connectivity index (χ3v) is 5.75. The molecular weight excluding hydrogens is 316 g/mol. The van der Waals surface area contributed by atoms with Crippen LogP contribution in [0.15, 0.2) is 23.1 Å². The first-order valence-electron chi connectivity index (χ1n) is 6.13. The summed E-state index contributed by atoms with van der Waals surface area (Å²) in [7, 11) is -4.37. The lowest BCUT2D eigenvalue weighted by atomic mass is 10.2. The maximum absolute atomic E-state index is 12.4. The van der Waals surface area contributed by atoms with E-state index >= 15 is 0 Å². The molecule has 120 valence electrons. The van der Waals surface area contributed by atoms with Crippen molar-refractivity contribution in [3.63, 3.8) is 0 Å². The van der Waals surface area contributed by atoms with Crippen molar-refractivity contribution < 1.29 is 21.6 Å². The second-order valence-electron chi connectivity index (χ2n) is 4.65. The van der Waals surface area contributed by atoms with Gasteiger partial charge in [0.1, 0.15) is 20.5 Å². The van der Waals surface area contributed by atoms with Crippen LogP contribution in [0.4, 0.5) is 0 Å². The molecule has 0 aliphatic heterocycles. The summed E-state index contributed by atoms with van der Waals surface area (Å²) in [5.41, 5.74) is 6.25.